The monoisotopic (exact) mass is 314 g/mol. The topological polar surface area (TPSA) is 34.6 Å². The number of fused-ring (bicyclic) bond motifs is 3. The van der Waals surface area contributed by atoms with E-state index in [1.165, 1.54) is 0 Å². The van der Waals surface area contributed by atoms with E-state index in [0.29, 0.717) is 0 Å². The molecular formula is C8H4Br2N4. The highest BCUT2D eigenvalue weighted by Gasteiger charge is 2.07. The van der Waals surface area contributed by atoms with Crippen molar-refractivity contribution in [2.75, 3.05) is 0 Å². The fraction of sp³-hybridized carbons (Fsp3) is 0. The van der Waals surface area contributed by atoms with E-state index in [1.54, 1.807) is 12.4 Å². The van der Waals surface area contributed by atoms with Gasteiger partial charge in [0.25, 0.3) is 0 Å². The summed E-state index contributed by atoms with van der Waals surface area (Å²) in [6, 6.07) is 0. The zero-order chi connectivity index (χ0) is 9.71. The molecule has 0 amide bonds. The van der Waals surface area contributed by atoms with E-state index in [-0.39, 0.29) is 0 Å². The molecule has 0 bridgehead atoms. The van der Waals surface area contributed by atoms with Crippen LogP contribution in [-0.2, 0) is 0 Å². The van der Waals surface area contributed by atoms with Crippen molar-refractivity contribution in [2.24, 2.45) is 0 Å². The van der Waals surface area contributed by atoms with E-state index in [9.17, 15) is 0 Å². The molecule has 0 saturated heterocycles. The summed E-state index contributed by atoms with van der Waals surface area (Å²) >= 11 is 6.82. The van der Waals surface area contributed by atoms with Crippen LogP contribution in [0.2, 0.25) is 0 Å². The summed E-state index contributed by atoms with van der Waals surface area (Å²) in [5.41, 5.74) is 1.68. The number of rotatable bonds is 0. The lowest BCUT2D eigenvalue weighted by molar-refractivity contribution is 1.06. The molecule has 3 aromatic rings. The molecule has 0 aliphatic carbocycles. The number of hydrogen-bond acceptors (Lipinski definition) is 2. The predicted octanol–water partition coefficient (Wildman–Crippen LogP) is 2.51. The molecule has 0 atom stereocenters. The van der Waals surface area contributed by atoms with Crippen LogP contribution < -0.4 is 0 Å². The number of aromatic nitrogens is 4. The molecule has 0 fully saturated rings. The van der Waals surface area contributed by atoms with Crippen LogP contribution in [0.25, 0.3) is 11.3 Å². The Bertz CT molecular complexity index is 569. The van der Waals surface area contributed by atoms with Gasteiger partial charge in [-0.1, -0.05) is 0 Å². The molecule has 3 heterocycles. The Morgan fingerprint density at radius 3 is 1.71 bits per heavy atom. The van der Waals surface area contributed by atoms with Crippen LogP contribution >= 0.6 is 31.9 Å². The third-order valence-electron chi connectivity index (χ3n) is 2.07. The van der Waals surface area contributed by atoms with Gasteiger partial charge in [0.2, 0.25) is 0 Å². The molecule has 0 N–H and O–H groups in total. The first kappa shape index (κ1) is 8.43. The average molecular weight is 316 g/mol. The number of hydrogen-bond donors (Lipinski definition) is 0. The van der Waals surface area contributed by atoms with Crippen molar-refractivity contribution in [3.63, 3.8) is 0 Å². The lowest BCUT2D eigenvalue weighted by Crippen LogP contribution is -1.92. The Balaban J connectivity index is 2.62. The maximum absolute atomic E-state index is 4.27. The largest absolute Gasteiger partial charge is 0.290 e. The molecule has 70 valence electrons. The van der Waals surface area contributed by atoms with Crippen molar-refractivity contribution in [1.82, 2.24) is 18.8 Å². The van der Waals surface area contributed by atoms with E-state index in [2.05, 4.69) is 41.8 Å². The Labute approximate surface area is 95.8 Å². The summed E-state index contributed by atoms with van der Waals surface area (Å²) in [6.45, 7) is 0. The quantitative estimate of drug-likeness (QED) is 0.639. The Morgan fingerprint density at radius 1 is 0.857 bits per heavy atom. The minimum Gasteiger partial charge on any atom is -0.290 e. The van der Waals surface area contributed by atoms with Crippen LogP contribution in [0.3, 0.4) is 0 Å². The van der Waals surface area contributed by atoms with E-state index in [1.807, 2.05) is 21.2 Å². The molecule has 3 aromatic heterocycles. The van der Waals surface area contributed by atoms with Crippen LogP contribution in [0.1, 0.15) is 0 Å². The zero-order valence-electron chi connectivity index (χ0n) is 6.85. The summed E-state index contributed by atoms with van der Waals surface area (Å²) in [6.07, 6.45) is 7.40. The highest BCUT2D eigenvalue weighted by atomic mass is 79.9. The van der Waals surface area contributed by atoms with Crippen molar-refractivity contribution in [3.8, 4) is 0 Å². The van der Waals surface area contributed by atoms with E-state index in [4.69, 9.17) is 0 Å². The smallest absolute Gasteiger partial charge is 0.181 e. The average Bonchev–Trinajstić information content (AvgIpc) is 2.72. The summed E-state index contributed by atoms with van der Waals surface area (Å²) in [7, 11) is 0. The van der Waals surface area contributed by atoms with Gasteiger partial charge in [-0.2, -0.15) is 0 Å². The first-order valence-corrected chi connectivity index (χ1v) is 5.50. The summed E-state index contributed by atoms with van der Waals surface area (Å²) < 4.78 is 5.73. The van der Waals surface area contributed by atoms with Gasteiger partial charge in [0.15, 0.2) is 11.3 Å². The molecule has 4 nitrogen and oxygen atoms in total. The molecule has 0 aromatic carbocycles. The van der Waals surface area contributed by atoms with Crippen molar-refractivity contribution in [2.45, 2.75) is 0 Å². The molecule has 0 spiro atoms. The maximum Gasteiger partial charge on any atom is 0.181 e. The van der Waals surface area contributed by atoms with Gasteiger partial charge in [-0.25, -0.2) is 9.97 Å². The maximum atomic E-state index is 4.27. The van der Waals surface area contributed by atoms with Crippen molar-refractivity contribution >= 4 is 43.2 Å². The van der Waals surface area contributed by atoms with Crippen LogP contribution in [0.15, 0.2) is 34.0 Å². The highest BCUT2D eigenvalue weighted by molar-refractivity contribution is 9.10. The van der Waals surface area contributed by atoms with Gasteiger partial charge < -0.3 is 0 Å². The standard InChI is InChI=1S/C8H4Br2N4/c9-5-3-11-7-8-12-4-6(10)14(8)2-1-13(5)7/h1-4H. The SMILES string of the molecule is Brc1cnc2c3ncc(Br)n3ccn12. The summed E-state index contributed by atoms with van der Waals surface area (Å²) in [5.74, 6) is 0. The predicted molar refractivity (Wildman–Crippen MR) is 59.3 cm³/mol. The molecule has 0 radical (unpaired) electrons. The fourth-order valence-electron chi connectivity index (χ4n) is 1.43. The van der Waals surface area contributed by atoms with Gasteiger partial charge in [-0.05, 0) is 31.9 Å². The second kappa shape index (κ2) is 2.80. The van der Waals surface area contributed by atoms with Crippen LogP contribution in [0.5, 0.6) is 0 Å². The molecule has 3 rings (SSSR count). The van der Waals surface area contributed by atoms with Crippen molar-refractivity contribution in [1.29, 1.82) is 0 Å². The summed E-state index contributed by atoms with van der Waals surface area (Å²) in [4.78, 5) is 8.54. The molecule has 0 saturated carbocycles. The van der Waals surface area contributed by atoms with Crippen LogP contribution in [0.4, 0.5) is 0 Å². The minimum atomic E-state index is 0.838. The zero-order valence-corrected chi connectivity index (χ0v) is 10.0. The normalized spacial score (nSPS) is 11.6. The van der Waals surface area contributed by atoms with E-state index in [0.717, 1.165) is 20.5 Å². The van der Waals surface area contributed by atoms with Crippen molar-refractivity contribution < 1.29 is 0 Å². The van der Waals surface area contributed by atoms with E-state index >= 15 is 0 Å². The first-order chi connectivity index (χ1) is 6.77. The van der Waals surface area contributed by atoms with Gasteiger partial charge in [0, 0.05) is 12.4 Å². The van der Waals surface area contributed by atoms with Gasteiger partial charge in [-0.15, -0.1) is 0 Å². The second-order valence-corrected chi connectivity index (χ2v) is 4.47. The Kier molecular flexibility index (Phi) is 1.69. The molecule has 6 heteroatoms. The van der Waals surface area contributed by atoms with Crippen molar-refractivity contribution in [3.05, 3.63) is 34.0 Å². The Hall–Kier alpha value is -0.880. The van der Waals surface area contributed by atoms with Gasteiger partial charge >= 0.3 is 0 Å². The number of nitrogens with zero attached hydrogens (tertiary/aromatic N) is 4. The van der Waals surface area contributed by atoms with Gasteiger partial charge in [0.05, 0.1) is 12.4 Å². The lowest BCUT2D eigenvalue weighted by atomic mass is 10.6. The van der Waals surface area contributed by atoms with Crippen LogP contribution in [0, 0.1) is 0 Å². The second-order valence-electron chi connectivity index (χ2n) is 2.85. The third kappa shape index (κ3) is 0.978. The molecule has 0 aliphatic rings. The van der Waals surface area contributed by atoms with Crippen LogP contribution in [-0.4, -0.2) is 18.8 Å². The highest BCUT2D eigenvalue weighted by Crippen LogP contribution is 2.19. The van der Waals surface area contributed by atoms with Gasteiger partial charge in [-0.3, -0.25) is 8.80 Å². The minimum absolute atomic E-state index is 0.838. The third-order valence-corrected chi connectivity index (χ3v) is 3.24. The number of imidazole rings is 2. The summed E-state index contributed by atoms with van der Waals surface area (Å²) in [5, 5.41) is 0. The van der Waals surface area contributed by atoms with E-state index < -0.39 is 0 Å². The fourth-order valence-corrected chi connectivity index (χ4v) is 2.20. The molecular weight excluding hydrogens is 312 g/mol. The molecule has 0 aliphatic heterocycles. The van der Waals surface area contributed by atoms with Gasteiger partial charge in [0.1, 0.15) is 9.21 Å². The molecule has 14 heavy (non-hydrogen) atoms. The Morgan fingerprint density at radius 2 is 1.29 bits per heavy atom. The molecule has 0 unspecified atom stereocenters. The lowest BCUT2D eigenvalue weighted by Gasteiger charge is -1.98. The first-order valence-electron chi connectivity index (χ1n) is 3.91. The number of halogens is 2.